The summed E-state index contributed by atoms with van der Waals surface area (Å²) in [7, 11) is 0. The maximum atomic E-state index is 13.1. The Balaban J connectivity index is 2.40. The molecule has 0 radical (unpaired) electrons. The number of benzene rings is 2. The summed E-state index contributed by atoms with van der Waals surface area (Å²) in [6.45, 7) is 1.88. The summed E-state index contributed by atoms with van der Waals surface area (Å²) in [6.07, 6.45) is 0. The SMILES string of the molecule is Cc1cc(N)c(Cl)cc1Nc1cc(F)ccc1Cl. The minimum absolute atomic E-state index is 0.360. The number of nitrogen functional groups attached to an aromatic ring is 1. The van der Waals surface area contributed by atoms with Crippen LogP contribution in [0.5, 0.6) is 0 Å². The van der Waals surface area contributed by atoms with E-state index in [9.17, 15) is 4.39 Å². The molecule has 2 nitrogen and oxygen atoms in total. The Morgan fingerprint density at radius 1 is 1.06 bits per heavy atom. The van der Waals surface area contributed by atoms with Crippen LogP contribution in [0.2, 0.25) is 10.0 Å². The van der Waals surface area contributed by atoms with E-state index in [1.807, 2.05) is 6.92 Å². The standard InChI is InChI=1S/C13H11Cl2FN2/c1-7-4-11(17)10(15)6-12(7)18-13-5-8(16)2-3-9(13)14/h2-6,18H,17H2,1H3. The molecule has 0 unspecified atom stereocenters. The smallest absolute Gasteiger partial charge is 0.125 e. The number of hydrogen-bond acceptors (Lipinski definition) is 2. The number of hydrogen-bond donors (Lipinski definition) is 2. The van der Waals surface area contributed by atoms with Crippen molar-refractivity contribution in [3.63, 3.8) is 0 Å². The van der Waals surface area contributed by atoms with E-state index in [-0.39, 0.29) is 5.82 Å². The normalized spacial score (nSPS) is 10.4. The fraction of sp³-hybridized carbons (Fsp3) is 0.0769. The summed E-state index contributed by atoms with van der Waals surface area (Å²) in [6, 6.07) is 7.56. The first-order valence-electron chi connectivity index (χ1n) is 5.25. The molecule has 0 aliphatic rings. The Kier molecular flexibility index (Phi) is 3.64. The first kappa shape index (κ1) is 13.0. The Morgan fingerprint density at radius 2 is 1.78 bits per heavy atom. The molecule has 3 N–H and O–H groups in total. The number of nitrogens with one attached hydrogen (secondary N) is 1. The average Bonchev–Trinajstić information content (AvgIpc) is 2.30. The van der Waals surface area contributed by atoms with Gasteiger partial charge in [-0.05, 0) is 42.8 Å². The number of halogens is 3. The molecule has 2 aromatic rings. The first-order valence-corrected chi connectivity index (χ1v) is 6.00. The molecule has 0 bridgehead atoms. The van der Waals surface area contributed by atoms with E-state index in [1.165, 1.54) is 18.2 Å². The lowest BCUT2D eigenvalue weighted by molar-refractivity contribution is 0.628. The van der Waals surface area contributed by atoms with Crippen molar-refractivity contribution in [2.75, 3.05) is 11.1 Å². The molecule has 2 aromatic carbocycles. The van der Waals surface area contributed by atoms with Crippen molar-refractivity contribution in [2.24, 2.45) is 0 Å². The summed E-state index contributed by atoms with van der Waals surface area (Å²) in [4.78, 5) is 0. The zero-order chi connectivity index (χ0) is 13.3. The van der Waals surface area contributed by atoms with Crippen molar-refractivity contribution in [1.82, 2.24) is 0 Å². The Bertz CT molecular complexity index is 600. The molecule has 0 amide bonds. The largest absolute Gasteiger partial charge is 0.398 e. The second-order valence-corrected chi connectivity index (χ2v) is 4.75. The lowest BCUT2D eigenvalue weighted by atomic mass is 10.1. The Labute approximate surface area is 115 Å². The van der Waals surface area contributed by atoms with Crippen molar-refractivity contribution in [2.45, 2.75) is 6.92 Å². The third-order valence-electron chi connectivity index (χ3n) is 2.54. The van der Waals surface area contributed by atoms with Crippen LogP contribution in [0.25, 0.3) is 0 Å². The Morgan fingerprint density at radius 3 is 2.50 bits per heavy atom. The highest BCUT2D eigenvalue weighted by molar-refractivity contribution is 6.34. The van der Waals surface area contributed by atoms with Crippen LogP contribution in [0.1, 0.15) is 5.56 Å². The number of anilines is 3. The van der Waals surface area contributed by atoms with Gasteiger partial charge in [0.05, 0.1) is 21.4 Å². The summed E-state index contributed by atoms with van der Waals surface area (Å²) >= 11 is 11.9. The maximum Gasteiger partial charge on any atom is 0.125 e. The van der Waals surface area contributed by atoms with Crippen LogP contribution in [-0.4, -0.2) is 0 Å². The van der Waals surface area contributed by atoms with Gasteiger partial charge in [0.15, 0.2) is 0 Å². The predicted octanol–water partition coefficient (Wildman–Crippen LogP) is 4.77. The van der Waals surface area contributed by atoms with Gasteiger partial charge in [-0.15, -0.1) is 0 Å². The van der Waals surface area contributed by atoms with Crippen molar-refractivity contribution >= 4 is 40.3 Å². The molecule has 0 saturated heterocycles. The van der Waals surface area contributed by atoms with Crippen molar-refractivity contribution in [1.29, 1.82) is 0 Å². The highest BCUT2D eigenvalue weighted by atomic mass is 35.5. The fourth-order valence-electron chi connectivity index (χ4n) is 1.58. The lowest BCUT2D eigenvalue weighted by Crippen LogP contribution is -1.97. The van der Waals surface area contributed by atoms with Crippen LogP contribution in [0, 0.1) is 12.7 Å². The molecule has 0 aliphatic heterocycles. The van der Waals surface area contributed by atoms with Gasteiger partial charge in [0.2, 0.25) is 0 Å². The van der Waals surface area contributed by atoms with Gasteiger partial charge in [0.1, 0.15) is 5.82 Å². The summed E-state index contributed by atoms with van der Waals surface area (Å²) in [5.74, 6) is -0.360. The summed E-state index contributed by atoms with van der Waals surface area (Å²) < 4.78 is 13.1. The number of nitrogens with two attached hydrogens (primary N) is 1. The Hall–Kier alpha value is -1.45. The average molecular weight is 285 g/mol. The van der Waals surface area contributed by atoms with Gasteiger partial charge in [0, 0.05) is 5.69 Å². The topological polar surface area (TPSA) is 38.0 Å². The fourth-order valence-corrected chi connectivity index (χ4v) is 1.91. The zero-order valence-electron chi connectivity index (χ0n) is 9.60. The van der Waals surface area contributed by atoms with E-state index in [0.717, 1.165) is 11.3 Å². The van der Waals surface area contributed by atoms with Gasteiger partial charge >= 0.3 is 0 Å². The minimum atomic E-state index is -0.360. The van der Waals surface area contributed by atoms with Crippen LogP contribution in [0.4, 0.5) is 21.5 Å². The molecule has 94 valence electrons. The molecule has 0 saturated carbocycles. The molecule has 0 fully saturated rings. The van der Waals surface area contributed by atoms with Crippen LogP contribution in [0.15, 0.2) is 30.3 Å². The molecule has 18 heavy (non-hydrogen) atoms. The lowest BCUT2D eigenvalue weighted by Gasteiger charge is -2.12. The molecule has 0 aliphatic carbocycles. The van der Waals surface area contributed by atoms with E-state index in [2.05, 4.69) is 5.32 Å². The molecule has 0 spiro atoms. The van der Waals surface area contributed by atoms with Crippen LogP contribution in [-0.2, 0) is 0 Å². The van der Waals surface area contributed by atoms with E-state index in [1.54, 1.807) is 12.1 Å². The highest BCUT2D eigenvalue weighted by Gasteiger charge is 2.07. The van der Waals surface area contributed by atoms with Crippen LogP contribution >= 0.6 is 23.2 Å². The van der Waals surface area contributed by atoms with E-state index in [0.29, 0.717) is 21.4 Å². The molecule has 5 heteroatoms. The van der Waals surface area contributed by atoms with Gasteiger partial charge < -0.3 is 11.1 Å². The molecule has 0 aromatic heterocycles. The van der Waals surface area contributed by atoms with Crippen molar-refractivity contribution < 1.29 is 4.39 Å². The van der Waals surface area contributed by atoms with Crippen molar-refractivity contribution in [3.05, 3.63) is 51.8 Å². The monoisotopic (exact) mass is 284 g/mol. The maximum absolute atomic E-state index is 13.1. The minimum Gasteiger partial charge on any atom is -0.398 e. The second kappa shape index (κ2) is 5.04. The molecular weight excluding hydrogens is 274 g/mol. The van der Waals surface area contributed by atoms with E-state index >= 15 is 0 Å². The summed E-state index contributed by atoms with van der Waals surface area (Å²) in [5, 5.41) is 3.91. The van der Waals surface area contributed by atoms with Gasteiger partial charge in [0.25, 0.3) is 0 Å². The summed E-state index contributed by atoms with van der Waals surface area (Å²) in [5.41, 5.74) is 8.32. The van der Waals surface area contributed by atoms with Gasteiger partial charge in [-0.2, -0.15) is 0 Å². The second-order valence-electron chi connectivity index (χ2n) is 3.94. The highest BCUT2D eigenvalue weighted by Crippen LogP contribution is 2.31. The van der Waals surface area contributed by atoms with Gasteiger partial charge in [-0.25, -0.2) is 4.39 Å². The van der Waals surface area contributed by atoms with Gasteiger partial charge in [-0.1, -0.05) is 23.2 Å². The van der Waals surface area contributed by atoms with Crippen LogP contribution in [0.3, 0.4) is 0 Å². The third kappa shape index (κ3) is 2.68. The van der Waals surface area contributed by atoms with E-state index < -0.39 is 0 Å². The predicted molar refractivity (Wildman–Crippen MR) is 75.3 cm³/mol. The zero-order valence-corrected chi connectivity index (χ0v) is 11.1. The van der Waals surface area contributed by atoms with Gasteiger partial charge in [-0.3, -0.25) is 0 Å². The molecule has 0 atom stereocenters. The number of aryl methyl sites for hydroxylation is 1. The molecular formula is C13H11Cl2FN2. The molecule has 0 heterocycles. The third-order valence-corrected chi connectivity index (χ3v) is 3.20. The van der Waals surface area contributed by atoms with Crippen molar-refractivity contribution in [3.8, 4) is 0 Å². The quantitative estimate of drug-likeness (QED) is 0.780. The first-order chi connectivity index (χ1) is 8.47. The van der Waals surface area contributed by atoms with E-state index in [4.69, 9.17) is 28.9 Å². The van der Waals surface area contributed by atoms with Crippen LogP contribution < -0.4 is 11.1 Å². The number of rotatable bonds is 2. The molecule has 2 rings (SSSR count).